The average Bonchev–Trinajstić information content (AvgIpc) is 3.29. The van der Waals surface area contributed by atoms with Crippen LogP contribution in [0.3, 0.4) is 0 Å². The third-order valence-corrected chi connectivity index (χ3v) is 4.99. The zero-order valence-electron chi connectivity index (χ0n) is 12.8. The first kappa shape index (κ1) is 15.0. The Labute approximate surface area is 143 Å². The molecule has 2 aromatic carbocycles. The Morgan fingerprint density at radius 2 is 1.88 bits per heavy atom. The van der Waals surface area contributed by atoms with E-state index in [4.69, 9.17) is 0 Å². The highest BCUT2D eigenvalue weighted by Gasteiger charge is 2.44. The second-order valence-electron chi connectivity index (χ2n) is 5.89. The number of anilines is 1. The van der Waals surface area contributed by atoms with Crippen LogP contribution in [0.5, 0.6) is 0 Å². The van der Waals surface area contributed by atoms with Crippen molar-refractivity contribution in [3.8, 4) is 11.3 Å². The van der Waals surface area contributed by atoms with Crippen molar-refractivity contribution < 1.29 is 9.18 Å². The van der Waals surface area contributed by atoms with E-state index in [0.29, 0.717) is 11.0 Å². The number of carbonyl (C=O) groups excluding carboxylic acids is 1. The summed E-state index contributed by atoms with van der Waals surface area (Å²) in [6, 6.07) is 16.3. The van der Waals surface area contributed by atoms with E-state index >= 15 is 0 Å². The van der Waals surface area contributed by atoms with E-state index in [9.17, 15) is 9.18 Å². The van der Waals surface area contributed by atoms with Crippen molar-refractivity contribution in [1.29, 1.82) is 0 Å². The van der Waals surface area contributed by atoms with Gasteiger partial charge in [0.1, 0.15) is 5.82 Å². The standard InChI is InChI=1S/C19H15FN2OS/c20-14-8-6-13(7-9-14)17-11-24-19(21-17)22-18(23)16-10-15(16)12-4-2-1-3-5-12/h1-9,11,15-16H,10H2,(H,21,22,23)/t15-,16-/m0/s1. The van der Waals surface area contributed by atoms with Crippen molar-refractivity contribution >= 4 is 22.4 Å². The van der Waals surface area contributed by atoms with Crippen LogP contribution in [0.2, 0.25) is 0 Å². The molecule has 1 amide bonds. The van der Waals surface area contributed by atoms with Crippen LogP contribution in [0.4, 0.5) is 9.52 Å². The quantitative estimate of drug-likeness (QED) is 0.750. The molecule has 1 aliphatic carbocycles. The fourth-order valence-corrected chi connectivity index (χ4v) is 3.56. The van der Waals surface area contributed by atoms with Crippen LogP contribution in [0.15, 0.2) is 60.0 Å². The van der Waals surface area contributed by atoms with Crippen LogP contribution in [-0.4, -0.2) is 10.9 Å². The Morgan fingerprint density at radius 3 is 2.62 bits per heavy atom. The minimum atomic E-state index is -0.275. The Balaban J connectivity index is 1.41. The predicted octanol–water partition coefficient (Wildman–Crippen LogP) is 4.69. The Morgan fingerprint density at radius 1 is 1.12 bits per heavy atom. The van der Waals surface area contributed by atoms with E-state index < -0.39 is 0 Å². The van der Waals surface area contributed by atoms with Crippen LogP contribution in [0, 0.1) is 11.7 Å². The lowest BCUT2D eigenvalue weighted by Gasteiger charge is -2.01. The molecular weight excluding hydrogens is 323 g/mol. The van der Waals surface area contributed by atoms with Gasteiger partial charge in [-0.25, -0.2) is 9.37 Å². The molecule has 1 saturated carbocycles. The molecule has 0 radical (unpaired) electrons. The van der Waals surface area contributed by atoms with Gasteiger partial charge in [-0.1, -0.05) is 30.3 Å². The molecule has 5 heteroatoms. The Hall–Kier alpha value is -2.53. The number of rotatable bonds is 4. The van der Waals surface area contributed by atoms with E-state index in [1.54, 1.807) is 12.1 Å². The highest BCUT2D eigenvalue weighted by Crippen LogP contribution is 2.48. The van der Waals surface area contributed by atoms with Crippen LogP contribution in [0.1, 0.15) is 17.9 Å². The molecule has 0 bridgehead atoms. The lowest BCUT2D eigenvalue weighted by Crippen LogP contribution is -2.14. The maximum Gasteiger partial charge on any atom is 0.229 e. The van der Waals surface area contributed by atoms with Crippen molar-refractivity contribution in [1.82, 2.24) is 4.98 Å². The fourth-order valence-electron chi connectivity index (χ4n) is 2.84. The SMILES string of the molecule is O=C(Nc1nc(-c2ccc(F)cc2)cs1)[C@H]1C[C@H]1c1ccccc1. The molecule has 2 atom stereocenters. The largest absolute Gasteiger partial charge is 0.302 e. The van der Waals surface area contributed by atoms with E-state index in [1.165, 1.54) is 29.0 Å². The third kappa shape index (κ3) is 3.08. The highest BCUT2D eigenvalue weighted by atomic mass is 32.1. The maximum absolute atomic E-state index is 13.0. The molecule has 4 rings (SSSR count). The maximum atomic E-state index is 13.0. The van der Waals surface area contributed by atoms with Crippen molar-refractivity contribution in [2.75, 3.05) is 5.32 Å². The van der Waals surface area contributed by atoms with Crippen molar-refractivity contribution in [3.05, 3.63) is 71.4 Å². The van der Waals surface area contributed by atoms with Crippen molar-refractivity contribution in [2.45, 2.75) is 12.3 Å². The van der Waals surface area contributed by atoms with Gasteiger partial charge in [0.25, 0.3) is 0 Å². The summed E-state index contributed by atoms with van der Waals surface area (Å²) in [5, 5.41) is 5.35. The lowest BCUT2D eigenvalue weighted by molar-refractivity contribution is -0.117. The van der Waals surface area contributed by atoms with Crippen molar-refractivity contribution in [2.24, 2.45) is 5.92 Å². The molecule has 1 aromatic heterocycles. The fraction of sp³-hybridized carbons (Fsp3) is 0.158. The summed E-state index contributed by atoms with van der Waals surface area (Å²) in [7, 11) is 0. The predicted molar refractivity (Wildman–Crippen MR) is 93.4 cm³/mol. The summed E-state index contributed by atoms with van der Waals surface area (Å²) in [5.41, 5.74) is 2.79. The van der Waals surface area contributed by atoms with Gasteiger partial charge < -0.3 is 5.32 Å². The summed E-state index contributed by atoms with van der Waals surface area (Å²) >= 11 is 1.38. The molecule has 120 valence electrons. The number of amides is 1. The second kappa shape index (κ2) is 6.17. The van der Waals surface area contributed by atoms with Gasteiger partial charge in [0.15, 0.2) is 5.13 Å². The molecule has 1 aliphatic rings. The van der Waals surface area contributed by atoms with E-state index in [-0.39, 0.29) is 17.6 Å². The van der Waals surface area contributed by atoms with E-state index in [0.717, 1.165) is 17.7 Å². The smallest absolute Gasteiger partial charge is 0.229 e. The zero-order chi connectivity index (χ0) is 16.5. The van der Waals surface area contributed by atoms with Gasteiger partial charge in [-0.15, -0.1) is 11.3 Å². The number of hydrogen-bond donors (Lipinski definition) is 1. The van der Waals surface area contributed by atoms with Crippen LogP contribution < -0.4 is 5.32 Å². The number of nitrogens with zero attached hydrogens (tertiary/aromatic N) is 1. The monoisotopic (exact) mass is 338 g/mol. The molecular formula is C19H15FN2OS. The third-order valence-electron chi connectivity index (χ3n) is 4.23. The summed E-state index contributed by atoms with van der Waals surface area (Å²) in [6.45, 7) is 0. The molecule has 3 aromatic rings. The van der Waals surface area contributed by atoms with Gasteiger partial charge in [0.2, 0.25) is 5.91 Å². The summed E-state index contributed by atoms with van der Waals surface area (Å²) in [4.78, 5) is 16.8. The van der Waals surface area contributed by atoms with E-state index in [1.807, 2.05) is 23.6 Å². The van der Waals surface area contributed by atoms with Crippen LogP contribution in [-0.2, 0) is 4.79 Å². The number of carbonyl (C=O) groups is 1. The number of halogens is 1. The minimum Gasteiger partial charge on any atom is -0.302 e. The van der Waals surface area contributed by atoms with Crippen LogP contribution >= 0.6 is 11.3 Å². The molecule has 24 heavy (non-hydrogen) atoms. The highest BCUT2D eigenvalue weighted by molar-refractivity contribution is 7.14. The van der Waals surface area contributed by atoms with Crippen molar-refractivity contribution in [3.63, 3.8) is 0 Å². The molecule has 0 aliphatic heterocycles. The summed E-state index contributed by atoms with van der Waals surface area (Å²) in [5.74, 6) is 0.0698. The number of aromatic nitrogens is 1. The van der Waals surface area contributed by atoms with E-state index in [2.05, 4.69) is 22.4 Å². The zero-order valence-corrected chi connectivity index (χ0v) is 13.6. The van der Waals surface area contributed by atoms with Gasteiger partial charge in [0.05, 0.1) is 5.69 Å². The topological polar surface area (TPSA) is 42.0 Å². The lowest BCUT2D eigenvalue weighted by atomic mass is 10.1. The van der Waals surface area contributed by atoms with Gasteiger partial charge in [-0.2, -0.15) is 0 Å². The normalized spacial score (nSPS) is 19.0. The number of hydrogen-bond acceptors (Lipinski definition) is 3. The molecule has 3 nitrogen and oxygen atoms in total. The first-order valence-corrected chi connectivity index (χ1v) is 8.66. The van der Waals surface area contributed by atoms with Crippen LogP contribution in [0.25, 0.3) is 11.3 Å². The second-order valence-corrected chi connectivity index (χ2v) is 6.75. The number of thiazole rings is 1. The summed E-state index contributed by atoms with van der Waals surface area (Å²) in [6.07, 6.45) is 0.881. The molecule has 0 unspecified atom stereocenters. The Kier molecular flexibility index (Phi) is 3.86. The molecule has 1 fully saturated rings. The Bertz CT molecular complexity index is 861. The molecule has 0 saturated heterocycles. The summed E-state index contributed by atoms with van der Waals surface area (Å²) < 4.78 is 13.0. The van der Waals surface area contributed by atoms with Gasteiger partial charge in [-0.05, 0) is 42.2 Å². The molecule has 1 N–H and O–H groups in total. The average molecular weight is 338 g/mol. The number of nitrogens with one attached hydrogen (secondary N) is 1. The minimum absolute atomic E-state index is 0.0175. The molecule has 1 heterocycles. The molecule has 0 spiro atoms. The van der Waals surface area contributed by atoms with Gasteiger partial charge in [-0.3, -0.25) is 4.79 Å². The van der Waals surface area contributed by atoms with Gasteiger partial charge >= 0.3 is 0 Å². The first-order chi connectivity index (χ1) is 11.7. The number of benzene rings is 2. The first-order valence-electron chi connectivity index (χ1n) is 7.78. The van der Waals surface area contributed by atoms with Gasteiger partial charge in [0, 0.05) is 16.9 Å².